The molecule has 7 nitrogen and oxygen atoms in total. The van der Waals surface area contributed by atoms with Crippen LogP contribution in [0.1, 0.15) is 43.8 Å². The molecule has 0 unspecified atom stereocenters. The lowest BCUT2D eigenvalue weighted by molar-refractivity contribution is 0.101. The third-order valence-electron chi connectivity index (χ3n) is 4.47. The Hall–Kier alpha value is -3.39. The fourth-order valence-electron chi connectivity index (χ4n) is 2.82. The van der Waals surface area contributed by atoms with Gasteiger partial charge in [-0.15, -0.1) is 0 Å². The van der Waals surface area contributed by atoms with Crippen LogP contribution in [0.25, 0.3) is 6.08 Å². The molecule has 0 aliphatic carbocycles. The number of hydrogen-bond acceptors (Lipinski definition) is 7. The maximum absolute atomic E-state index is 12.9. The maximum Gasteiger partial charge on any atom is 0.228 e. The van der Waals surface area contributed by atoms with Crippen molar-refractivity contribution in [3.63, 3.8) is 0 Å². The number of carbonyl (C=O) groups is 3. The molecule has 0 amide bonds. The number of nitrogens with zero attached hydrogens (tertiary/aromatic N) is 1. The third-order valence-corrected chi connectivity index (χ3v) is 6.35. The SMILES string of the molecule is CC1=C(C(=O)c2nc(/C=C/C(=O)c3ccccc3)ccc2C=O)NCCS1(=O)=O. The molecule has 0 spiro atoms. The lowest BCUT2D eigenvalue weighted by atomic mass is 10.1. The molecule has 2 aromatic rings. The van der Waals surface area contributed by atoms with Crippen molar-refractivity contribution in [2.24, 2.45) is 0 Å². The minimum absolute atomic E-state index is 0.0339. The zero-order valence-electron chi connectivity index (χ0n) is 15.6. The van der Waals surface area contributed by atoms with Crippen LogP contribution in [0.2, 0.25) is 0 Å². The number of Topliss-reactive ketones (excluding diaryl/α,β-unsaturated/α-hetero) is 1. The molecule has 1 aromatic carbocycles. The van der Waals surface area contributed by atoms with Crippen molar-refractivity contribution in [2.75, 3.05) is 12.3 Å². The van der Waals surface area contributed by atoms with E-state index in [0.717, 1.165) is 0 Å². The van der Waals surface area contributed by atoms with Crippen molar-refractivity contribution in [3.8, 4) is 0 Å². The lowest BCUT2D eigenvalue weighted by Gasteiger charge is -2.19. The van der Waals surface area contributed by atoms with Crippen molar-refractivity contribution in [3.05, 3.63) is 81.7 Å². The summed E-state index contributed by atoms with van der Waals surface area (Å²) in [5, 5.41) is 2.79. The summed E-state index contributed by atoms with van der Waals surface area (Å²) in [5.41, 5.74) is 0.565. The molecule has 29 heavy (non-hydrogen) atoms. The van der Waals surface area contributed by atoms with Gasteiger partial charge in [0.1, 0.15) is 5.69 Å². The quantitative estimate of drug-likeness (QED) is 0.442. The number of benzene rings is 1. The summed E-state index contributed by atoms with van der Waals surface area (Å²) in [7, 11) is -3.52. The molecule has 1 N–H and O–H groups in total. The van der Waals surface area contributed by atoms with E-state index >= 15 is 0 Å². The molecule has 0 radical (unpaired) electrons. The summed E-state index contributed by atoms with van der Waals surface area (Å²) < 4.78 is 24.1. The van der Waals surface area contributed by atoms with E-state index in [-0.39, 0.29) is 39.9 Å². The number of aldehydes is 1. The van der Waals surface area contributed by atoms with Crippen LogP contribution < -0.4 is 5.32 Å². The van der Waals surface area contributed by atoms with Crippen molar-refractivity contribution in [2.45, 2.75) is 6.92 Å². The Bertz CT molecular complexity index is 1150. The van der Waals surface area contributed by atoms with Crippen LogP contribution in [0.15, 0.2) is 59.1 Å². The molecule has 1 aromatic heterocycles. The molecule has 1 aliphatic rings. The Balaban J connectivity index is 1.96. The average molecular weight is 410 g/mol. The number of nitrogens with one attached hydrogen (secondary N) is 1. The van der Waals surface area contributed by atoms with Crippen LogP contribution in [-0.4, -0.2) is 43.6 Å². The van der Waals surface area contributed by atoms with E-state index in [0.29, 0.717) is 17.5 Å². The molecule has 148 valence electrons. The molecule has 0 fully saturated rings. The van der Waals surface area contributed by atoms with Crippen molar-refractivity contribution in [1.82, 2.24) is 10.3 Å². The molecular weight excluding hydrogens is 392 g/mol. The molecular formula is C21H18N2O5S. The number of rotatable bonds is 6. The van der Waals surface area contributed by atoms with E-state index < -0.39 is 15.6 Å². The van der Waals surface area contributed by atoms with Gasteiger partial charge in [0.05, 0.1) is 22.0 Å². The Morgan fingerprint density at radius 2 is 1.83 bits per heavy atom. The van der Waals surface area contributed by atoms with E-state index in [1.807, 2.05) is 0 Å². The smallest absolute Gasteiger partial charge is 0.228 e. The first-order chi connectivity index (χ1) is 13.8. The highest BCUT2D eigenvalue weighted by atomic mass is 32.2. The third kappa shape index (κ3) is 4.38. The van der Waals surface area contributed by atoms with Crippen LogP contribution in [0.5, 0.6) is 0 Å². The summed E-state index contributed by atoms with van der Waals surface area (Å²) in [4.78, 5) is 40.6. The Kier molecular flexibility index (Phi) is 5.84. The number of hydrogen-bond donors (Lipinski definition) is 1. The zero-order chi connectivity index (χ0) is 21.0. The van der Waals surface area contributed by atoms with Crippen LogP contribution >= 0.6 is 0 Å². The van der Waals surface area contributed by atoms with E-state index in [4.69, 9.17) is 0 Å². The Morgan fingerprint density at radius 3 is 2.52 bits per heavy atom. The minimum atomic E-state index is -3.52. The monoisotopic (exact) mass is 410 g/mol. The molecule has 3 rings (SSSR count). The number of ketones is 2. The highest BCUT2D eigenvalue weighted by Crippen LogP contribution is 2.20. The summed E-state index contributed by atoms with van der Waals surface area (Å²) in [5.74, 6) is -1.02. The minimum Gasteiger partial charge on any atom is -0.380 e. The predicted octanol–water partition coefficient (Wildman–Crippen LogP) is 2.22. The van der Waals surface area contributed by atoms with Gasteiger partial charge in [0.2, 0.25) is 5.78 Å². The van der Waals surface area contributed by atoms with Gasteiger partial charge in [-0.25, -0.2) is 13.4 Å². The number of sulfone groups is 1. The molecule has 8 heteroatoms. The van der Waals surface area contributed by atoms with Gasteiger partial charge in [-0.2, -0.15) is 0 Å². The van der Waals surface area contributed by atoms with Gasteiger partial charge in [-0.05, 0) is 31.2 Å². The van der Waals surface area contributed by atoms with Gasteiger partial charge in [0.25, 0.3) is 0 Å². The highest BCUT2D eigenvalue weighted by Gasteiger charge is 2.29. The van der Waals surface area contributed by atoms with Crippen molar-refractivity contribution in [1.29, 1.82) is 0 Å². The first kappa shape index (κ1) is 20.3. The Labute approximate surface area is 168 Å². The fraction of sp³-hybridized carbons (Fsp3) is 0.143. The largest absolute Gasteiger partial charge is 0.380 e. The van der Waals surface area contributed by atoms with E-state index in [1.165, 1.54) is 31.2 Å². The summed E-state index contributed by atoms with van der Waals surface area (Å²) in [6, 6.07) is 11.6. The molecule has 2 heterocycles. The van der Waals surface area contributed by atoms with Crippen LogP contribution in [0.4, 0.5) is 0 Å². The lowest BCUT2D eigenvalue weighted by Crippen LogP contribution is -2.35. The molecule has 0 saturated heterocycles. The van der Waals surface area contributed by atoms with Crippen LogP contribution in [0, 0.1) is 0 Å². The van der Waals surface area contributed by atoms with Gasteiger partial charge in [-0.1, -0.05) is 30.3 Å². The van der Waals surface area contributed by atoms with Crippen molar-refractivity contribution < 1.29 is 22.8 Å². The zero-order valence-corrected chi connectivity index (χ0v) is 16.4. The Morgan fingerprint density at radius 1 is 1.10 bits per heavy atom. The van der Waals surface area contributed by atoms with Gasteiger partial charge in [0, 0.05) is 17.7 Å². The second-order valence-corrected chi connectivity index (χ2v) is 8.61. The molecule has 1 aliphatic heterocycles. The first-order valence-corrected chi connectivity index (χ1v) is 10.4. The number of aromatic nitrogens is 1. The predicted molar refractivity (Wildman–Crippen MR) is 108 cm³/mol. The van der Waals surface area contributed by atoms with Crippen LogP contribution in [-0.2, 0) is 9.84 Å². The highest BCUT2D eigenvalue weighted by molar-refractivity contribution is 7.95. The van der Waals surface area contributed by atoms with Gasteiger partial charge >= 0.3 is 0 Å². The molecule has 0 bridgehead atoms. The van der Waals surface area contributed by atoms with Crippen LogP contribution in [0.3, 0.4) is 0 Å². The van der Waals surface area contributed by atoms with Gasteiger partial charge in [0.15, 0.2) is 21.9 Å². The number of carbonyl (C=O) groups excluding carboxylic acids is 3. The fourth-order valence-corrected chi connectivity index (χ4v) is 3.97. The molecule has 0 saturated carbocycles. The number of allylic oxidation sites excluding steroid dienone is 3. The van der Waals surface area contributed by atoms with E-state index in [1.54, 1.807) is 30.3 Å². The first-order valence-electron chi connectivity index (χ1n) is 8.79. The summed E-state index contributed by atoms with van der Waals surface area (Å²) in [6.45, 7) is 1.44. The second kappa shape index (κ2) is 8.32. The standard InChI is InChI=1S/C21H18N2O5S/c1-14-19(22-11-12-29(14,27)28)21(26)20-16(13-24)7-8-17(23-20)9-10-18(25)15-5-3-2-4-6-15/h2-10,13,22H,11-12H2,1H3/b10-9+. The number of pyridine rings is 1. The average Bonchev–Trinajstić information content (AvgIpc) is 2.74. The summed E-state index contributed by atoms with van der Waals surface area (Å²) >= 11 is 0. The molecule has 0 atom stereocenters. The second-order valence-electron chi connectivity index (χ2n) is 6.36. The van der Waals surface area contributed by atoms with Crippen molar-refractivity contribution >= 4 is 33.8 Å². The van der Waals surface area contributed by atoms with Gasteiger partial charge in [-0.3, -0.25) is 14.4 Å². The van der Waals surface area contributed by atoms with Gasteiger partial charge < -0.3 is 5.32 Å². The van der Waals surface area contributed by atoms with E-state index in [2.05, 4.69) is 10.3 Å². The van der Waals surface area contributed by atoms with E-state index in [9.17, 15) is 22.8 Å². The topological polar surface area (TPSA) is 110 Å². The summed E-state index contributed by atoms with van der Waals surface area (Å²) in [6.07, 6.45) is 3.24. The maximum atomic E-state index is 12.9. The normalized spacial score (nSPS) is 15.8.